The van der Waals surface area contributed by atoms with Crippen LogP contribution in [0.25, 0.3) is 55.6 Å². The summed E-state index contributed by atoms with van der Waals surface area (Å²) in [4.78, 5) is 2.44. The lowest BCUT2D eigenvalue weighted by atomic mass is 9.77. The van der Waals surface area contributed by atoms with Crippen LogP contribution in [0.1, 0.15) is 56.0 Å². The van der Waals surface area contributed by atoms with E-state index >= 15 is 0 Å². The Morgan fingerprint density at radius 1 is 0.304 bits per heavy atom. The van der Waals surface area contributed by atoms with E-state index in [9.17, 15) is 0 Å². The van der Waals surface area contributed by atoms with Crippen molar-refractivity contribution in [1.82, 2.24) is 0 Å². The van der Waals surface area contributed by atoms with E-state index < -0.39 is 0 Å². The van der Waals surface area contributed by atoms with E-state index in [-0.39, 0.29) is 5.92 Å². The zero-order valence-corrected chi connectivity index (χ0v) is 41.0. The molecule has 0 aliphatic rings. The van der Waals surface area contributed by atoms with Gasteiger partial charge in [0.05, 0.1) is 0 Å². The first-order valence-corrected chi connectivity index (χ1v) is 24.3. The third-order valence-corrected chi connectivity index (χ3v) is 14.1. The smallest absolute Gasteiger partial charge is 0.0470 e. The van der Waals surface area contributed by atoms with Crippen LogP contribution < -0.4 is 4.90 Å². The summed E-state index contributed by atoms with van der Waals surface area (Å²) in [6, 6.07) is 82.2. The van der Waals surface area contributed by atoms with Crippen LogP contribution in [0.3, 0.4) is 0 Å². The number of nitrogens with zero attached hydrogens (tertiary/aromatic N) is 1. The van der Waals surface area contributed by atoms with Gasteiger partial charge in [-0.05, 0) is 196 Å². The quantitative estimate of drug-likeness (QED) is 0.117. The van der Waals surface area contributed by atoms with Crippen LogP contribution in [-0.4, -0.2) is 0 Å². The second-order valence-corrected chi connectivity index (χ2v) is 19.0. The van der Waals surface area contributed by atoms with Crippen LogP contribution in [-0.2, 0) is 0 Å². The summed E-state index contributed by atoms with van der Waals surface area (Å²) in [6.07, 6.45) is 0. The number of halogens is 1. The predicted octanol–water partition coefficient (Wildman–Crippen LogP) is 19.2. The molecule has 0 aliphatic heterocycles. The first kappa shape index (κ1) is 45.1. The molecule has 0 spiro atoms. The molecule has 10 rings (SSSR count). The third-order valence-electron chi connectivity index (χ3n) is 13.8. The van der Waals surface area contributed by atoms with Gasteiger partial charge in [-0.2, -0.15) is 0 Å². The fourth-order valence-corrected chi connectivity index (χ4v) is 10.9. The van der Waals surface area contributed by atoms with E-state index in [4.69, 9.17) is 11.6 Å². The second-order valence-electron chi connectivity index (χ2n) is 18.5. The summed E-state index contributed by atoms with van der Waals surface area (Å²) in [6.45, 7) is 13.3. The van der Waals surface area contributed by atoms with Crippen LogP contribution in [0.4, 0.5) is 17.1 Å². The average molecular weight is 911 g/mol. The highest BCUT2D eigenvalue weighted by Crippen LogP contribution is 2.48. The van der Waals surface area contributed by atoms with Crippen molar-refractivity contribution in [2.24, 2.45) is 0 Å². The van der Waals surface area contributed by atoms with Gasteiger partial charge in [-0.15, -0.1) is 0 Å². The Hall–Kier alpha value is -7.71. The Labute approximate surface area is 414 Å². The molecule has 10 aromatic carbocycles. The molecular weight excluding hydrogens is 854 g/mol. The summed E-state index contributed by atoms with van der Waals surface area (Å²) in [7, 11) is 0. The molecule has 0 aromatic heterocycles. The van der Waals surface area contributed by atoms with Crippen LogP contribution in [0, 0.1) is 41.5 Å². The molecule has 0 heterocycles. The van der Waals surface area contributed by atoms with Gasteiger partial charge in [0.1, 0.15) is 0 Å². The van der Waals surface area contributed by atoms with Gasteiger partial charge >= 0.3 is 0 Å². The molecule has 0 amide bonds. The number of anilines is 3. The zero-order chi connectivity index (χ0) is 47.6. The van der Waals surface area contributed by atoms with Crippen LogP contribution in [0.2, 0.25) is 5.02 Å². The fraction of sp³-hybridized carbons (Fsp3) is 0.104. The Morgan fingerprint density at radius 3 is 1.14 bits per heavy atom. The number of rotatable bonds is 11. The van der Waals surface area contributed by atoms with E-state index in [1.807, 2.05) is 6.07 Å². The SMILES string of the molecule is Cc1cccc(C)c1-c1ccc(N(c2ccc(-c3c(C)cccc3C)cc2)c2cc(-c3c(C)cccc3C)cc(C(c3cccc(Cl)c3)c3c(-c4ccccc4)cccc3-c3ccccc3)c2)cc1. The van der Waals surface area contributed by atoms with Gasteiger partial charge < -0.3 is 4.90 Å². The predicted molar refractivity (Wildman–Crippen MR) is 296 cm³/mol. The minimum Gasteiger partial charge on any atom is -0.310 e. The third kappa shape index (κ3) is 9.07. The topological polar surface area (TPSA) is 3.24 Å². The highest BCUT2D eigenvalue weighted by Gasteiger charge is 2.28. The Balaban J connectivity index is 1.27. The van der Waals surface area contributed by atoms with Gasteiger partial charge in [-0.3, -0.25) is 0 Å². The summed E-state index contributed by atoms with van der Waals surface area (Å²) >= 11 is 7.03. The lowest BCUT2D eigenvalue weighted by Gasteiger charge is -2.30. The number of hydrogen-bond donors (Lipinski definition) is 0. The summed E-state index contributed by atoms with van der Waals surface area (Å²) in [5.41, 5.74) is 26.3. The van der Waals surface area contributed by atoms with Crippen LogP contribution >= 0.6 is 11.6 Å². The largest absolute Gasteiger partial charge is 0.310 e. The molecule has 1 unspecified atom stereocenters. The van der Waals surface area contributed by atoms with Crippen molar-refractivity contribution >= 4 is 28.7 Å². The molecule has 0 saturated carbocycles. The lowest BCUT2D eigenvalue weighted by Crippen LogP contribution is -2.13. The molecule has 0 saturated heterocycles. The molecule has 0 N–H and O–H groups in total. The van der Waals surface area contributed by atoms with Crippen molar-refractivity contribution in [3.63, 3.8) is 0 Å². The second kappa shape index (κ2) is 19.5. The van der Waals surface area contributed by atoms with Crippen molar-refractivity contribution < 1.29 is 0 Å². The molecule has 0 aliphatic carbocycles. The van der Waals surface area contributed by atoms with E-state index in [0.29, 0.717) is 5.02 Å². The first-order chi connectivity index (χ1) is 33.6. The molecule has 10 aromatic rings. The van der Waals surface area contributed by atoms with Gasteiger partial charge in [0.25, 0.3) is 0 Å². The maximum Gasteiger partial charge on any atom is 0.0470 e. The molecule has 69 heavy (non-hydrogen) atoms. The molecule has 2 heteroatoms. The molecular formula is C67H56ClN. The van der Waals surface area contributed by atoms with Gasteiger partial charge in [0.2, 0.25) is 0 Å². The van der Waals surface area contributed by atoms with Gasteiger partial charge in [0, 0.05) is 28.0 Å². The van der Waals surface area contributed by atoms with E-state index in [2.05, 4.69) is 265 Å². The number of aryl methyl sites for hydroxylation is 6. The number of hydrogen-bond acceptors (Lipinski definition) is 1. The lowest BCUT2D eigenvalue weighted by molar-refractivity contribution is 0.981. The molecule has 0 bridgehead atoms. The Morgan fingerprint density at radius 2 is 0.710 bits per heavy atom. The molecule has 336 valence electrons. The Kier molecular flexibility index (Phi) is 12.7. The van der Waals surface area contributed by atoms with E-state index in [0.717, 1.165) is 44.9 Å². The molecule has 1 atom stereocenters. The summed E-state index contributed by atoms with van der Waals surface area (Å²) in [5.74, 6) is -0.224. The average Bonchev–Trinajstić information content (AvgIpc) is 3.35. The maximum atomic E-state index is 7.03. The van der Waals surface area contributed by atoms with Gasteiger partial charge in [0.15, 0.2) is 0 Å². The number of benzene rings is 10. The maximum absolute atomic E-state index is 7.03. The van der Waals surface area contributed by atoms with E-state index in [1.54, 1.807) is 0 Å². The van der Waals surface area contributed by atoms with Crippen LogP contribution in [0.15, 0.2) is 224 Å². The van der Waals surface area contributed by atoms with Crippen molar-refractivity contribution in [1.29, 1.82) is 0 Å². The minimum absolute atomic E-state index is 0.224. The summed E-state index contributed by atoms with van der Waals surface area (Å²) < 4.78 is 0. The fourth-order valence-electron chi connectivity index (χ4n) is 10.7. The first-order valence-electron chi connectivity index (χ1n) is 24.0. The standard InChI is InChI=1S/C67H56ClN/c1-44-18-13-19-45(2)63(44)52-32-36-58(37-33-52)69(59-38-34-53(35-39-59)64-46(3)20-14-21-47(64)4)60-42-55(65-48(5)22-15-23-49(65)6)40-56(43-60)66(54-28-16-29-57(68)41-54)67-61(50-24-9-7-10-25-50)30-17-31-62(67)51-26-11-8-12-27-51/h7-43,66H,1-6H3. The zero-order valence-electron chi connectivity index (χ0n) is 40.3. The monoisotopic (exact) mass is 909 g/mol. The van der Waals surface area contributed by atoms with Crippen LogP contribution in [0.5, 0.6) is 0 Å². The highest BCUT2D eigenvalue weighted by molar-refractivity contribution is 6.30. The molecule has 0 radical (unpaired) electrons. The normalized spacial score (nSPS) is 11.6. The molecule has 0 fully saturated rings. The van der Waals surface area contributed by atoms with E-state index in [1.165, 1.54) is 77.9 Å². The van der Waals surface area contributed by atoms with Crippen molar-refractivity contribution in [2.75, 3.05) is 4.90 Å². The van der Waals surface area contributed by atoms with Crippen molar-refractivity contribution in [3.05, 3.63) is 280 Å². The molecule has 1 nitrogen and oxygen atoms in total. The van der Waals surface area contributed by atoms with Crippen molar-refractivity contribution in [2.45, 2.75) is 47.5 Å². The van der Waals surface area contributed by atoms with Crippen molar-refractivity contribution in [3.8, 4) is 55.6 Å². The minimum atomic E-state index is -0.224. The highest BCUT2D eigenvalue weighted by atomic mass is 35.5. The van der Waals surface area contributed by atoms with Gasteiger partial charge in [-0.1, -0.05) is 188 Å². The van der Waals surface area contributed by atoms with Gasteiger partial charge in [-0.25, -0.2) is 0 Å². The Bertz CT molecular complexity index is 3230. The summed E-state index contributed by atoms with van der Waals surface area (Å²) in [5, 5.41) is 0.705.